The van der Waals surface area contributed by atoms with E-state index in [0.29, 0.717) is 0 Å². The normalized spacial score (nSPS) is 12.4. The van der Waals surface area contributed by atoms with Crippen molar-refractivity contribution in [1.82, 2.24) is 15.1 Å². The van der Waals surface area contributed by atoms with E-state index in [9.17, 15) is 0 Å². The van der Waals surface area contributed by atoms with Crippen LogP contribution in [0.15, 0.2) is 34.9 Å². The zero-order chi connectivity index (χ0) is 15.2. The number of hydrogen-bond donors (Lipinski definition) is 1. The highest BCUT2D eigenvalue weighted by Crippen LogP contribution is 2.30. The Hall–Kier alpha value is -1.33. The summed E-state index contributed by atoms with van der Waals surface area (Å²) >= 11 is 3.57. The van der Waals surface area contributed by atoms with Crippen LogP contribution in [-0.4, -0.2) is 23.4 Å². The summed E-state index contributed by atoms with van der Waals surface area (Å²) in [7, 11) is 1.68. The third-order valence-corrected chi connectivity index (χ3v) is 4.07. The van der Waals surface area contributed by atoms with Gasteiger partial charge in [-0.05, 0) is 59.6 Å². The first-order chi connectivity index (χ1) is 10.2. The molecule has 0 saturated carbocycles. The van der Waals surface area contributed by atoms with E-state index >= 15 is 0 Å². The zero-order valence-corrected chi connectivity index (χ0v) is 14.4. The third kappa shape index (κ3) is 3.66. The van der Waals surface area contributed by atoms with Crippen molar-refractivity contribution in [2.75, 3.05) is 13.7 Å². The average molecular weight is 352 g/mol. The third-order valence-electron chi connectivity index (χ3n) is 3.45. The van der Waals surface area contributed by atoms with Gasteiger partial charge in [-0.1, -0.05) is 13.0 Å². The number of benzene rings is 1. The minimum atomic E-state index is 0.134. The van der Waals surface area contributed by atoms with E-state index in [1.807, 2.05) is 16.9 Å². The van der Waals surface area contributed by atoms with Crippen molar-refractivity contribution < 1.29 is 4.74 Å². The van der Waals surface area contributed by atoms with Crippen LogP contribution in [0.4, 0.5) is 0 Å². The first-order valence-electron chi connectivity index (χ1n) is 7.29. The molecule has 1 N–H and O–H groups in total. The maximum atomic E-state index is 5.31. The van der Waals surface area contributed by atoms with E-state index in [1.165, 1.54) is 11.3 Å². The van der Waals surface area contributed by atoms with Gasteiger partial charge in [0.15, 0.2) is 0 Å². The van der Waals surface area contributed by atoms with E-state index in [-0.39, 0.29) is 6.04 Å². The fraction of sp³-hybridized carbons (Fsp3) is 0.438. The fourth-order valence-corrected chi connectivity index (χ4v) is 2.95. The molecule has 2 aromatic rings. The lowest BCUT2D eigenvalue weighted by Gasteiger charge is -2.21. The van der Waals surface area contributed by atoms with Crippen molar-refractivity contribution in [2.45, 2.75) is 32.9 Å². The highest BCUT2D eigenvalue weighted by Gasteiger charge is 2.18. The molecule has 0 spiro atoms. The number of nitrogens with zero attached hydrogens (tertiary/aromatic N) is 2. The lowest BCUT2D eigenvalue weighted by molar-refractivity contribution is 0.411. The van der Waals surface area contributed by atoms with Gasteiger partial charge in [0.1, 0.15) is 5.75 Å². The predicted molar refractivity (Wildman–Crippen MR) is 88.7 cm³/mol. The van der Waals surface area contributed by atoms with Crippen molar-refractivity contribution in [3.63, 3.8) is 0 Å². The topological polar surface area (TPSA) is 39.1 Å². The Morgan fingerprint density at radius 3 is 2.76 bits per heavy atom. The van der Waals surface area contributed by atoms with E-state index in [4.69, 9.17) is 4.74 Å². The summed E-state index contributed by atoms with van der Waals surface area (Å²) < 4.78 is 8.31. The molecule has 2 rings (SSSR count). The van der Waals surface area contributed by atoms with Crippen LogP contribution in [0.3, 0.4) is 0 Å². The second-order valence-electron chi connectivity index (χ2n) is 4.85. The minimum Gasteiger partial charge on any atom is -0.496 e. The monoisotopic (exact) mass is 351 g/mol. The first kappa shape index (κ1) is 16.0. The van der Waals surface area contributed by atoms with Gasteiger partial charge in [-0.15, -0.1) is 0 Å². The number of aromatic nitrogens is 2. The molecule has 0 aliphatic rings. The minimum absolute atomic E-state index is 0.134. The Balaban J connectivity index is 2.38. The second kappa shape index (κ2) is 7.61. The lowest BCUT2D eigenvalue weighted by Crippen LogP contribution is -2.25. The summed E-state index contributed by atoms with van der Waals surface area (Å²) in [5, 5.41) is 7.99. The van der Waals surface area contributed by atoms with Crippen LogP contribution in [0, 0.1) is 0 Å². The second-order valence-corrected chi connectivity index (χ2v) is 5.71. The van der Waals surface area contributed by atoms with Crippen molar-refractivity contribution in [1.29, 1.82) is 0 Å². The number of ether oxygens (including phenoxy) is 1. The molecule has 0 radical (unpaired) electrons. The van der Waals surface area contributed by atoms with Crippen LogP contribution in [0.1, 0.15) is 37.6 Å². The zero-order valence-electron chi connectivity index (χ0n) is 12.8. The Morgan fingerprint density at radius 1 is 1.33 bits per heavy atom. The number of hydrogen-bond acceptors (Lipinski definition) is 3. The predicted octanol–water partition coefficient (Wildman–Crippen LogP) is 3.76. The molecule has 0 aliphatic carbocycles. The Kier molecular flexibility index (Phi) is 5.82. The summed E-state index contributed by atoms with van der Waals surface area (Å²) in [6.45, 7) is 6.11. The smallest absolute Gasteiger partial charge is 0.133 e. The SMILES string of the molecule is CCCNC(c1ccc(OC)c(Br)c1)c1ccnn1CC. The Bertz CT molecular complexity index is 583. The molecule has 21 heavy (non-hydrogen) atoms. The van der Waals surface area contributed by atoms with Gasteiger partial charge < -0.3 is 10.1 Å². The van der Waals surface area contributed by atoms with Crippen LogP contribution in [0.5, 0.6) is 5.75 Å². The molecule has 4 nitrogen and oxygen atoms in total. The molecular formula is C16H22BrN3O. The largest absolute Gasteiger partial charge is 0.496 e. The van der Waals surface area contributed by atoms with Gasteiger partial charge in [-0.25, -0.2) is 0 Å². The quantitative estimate of drug-likeness (QED) is 0.825. The Morgan fingerprint density at radius 2 is 2.14 bits per heavy atom. The standard InChI is InChI=1S/C16H22BrN3O/c1-4-9-18-16(14-8-10-19-20(14)5-2)12-6-7-15(21-3)13(17)11-12/h6-8,10-11,16,18H,4-5,9H2,1-3H3. The lowest BCUT2D eigenvalue weighted by atomic mass is 10.0. The van der Waals surface area contributed by atoms with Gasteiger partial charge >= 0.3 is 0 Å². The molecule has 0 bridgehead atoms. The molecule has 1 aromatic carbocycles. The average Bonchev–Trinajstić information content (AvgIpc) is 2.96. The highest BCUT2D eigenvalue weighted by molar-refractivity contribution is 9.10. The van der Waals surface area contributed by atoms with E-state index in [0.717, 1.165) is 29.7 Å². The summed E-state index contributed by atoms with van der Waals surface area (Å²) in [5.41, 5.74) is 2.38. The summed E-state index contributed by atoms with van der Waals surface area (Å²) in [4.78, 5) is 0. The van der Waals surface area contributed by atoms with Crippen LogP contribution in [0.25, 0.3) is 0 Å². The fourth-order valence-electron chi connectivity index (χ4n) is 2.40. The molecule has 1 heterocycles. The molecule has 1 atom stereocenters. The molecule has 114 valence electrons. The van der Waals surface area contributed by atoms with E-state index in [1.54, 1.807) is 7.11 Å². The van der Waals surface area contributed by atoms with Crippen LogP contribution in [-0.2, 0) is 6.54 Å². The molecule has 0 aliphatic heterocycles. The molecule has 5 heteroatoms. The van der Waals surface area contributed by atoms with Crippen LogP contribution >= 0.6 is 15.9 Å². The molecule has 1 aromatic heterocycles. The number of rotatable bonds is 7. The number of halogens is 1. The maximum Gasteiger partial charge on any atom is 0.133 e. The molecule has 0 fully saturated rings. The summed E-state index contributed by atoms with van der Waals surface area (Å²) in [6.07, 6.45) is 2.95. The van der Waals surface area contributed by atoms with Gasteiger partial charge in [-0.2, -0.15) is 5.10 Å². The van der Waals surface area contributed by atoms with Crippen molar-refractivity contribution in [3.8, 4) is 5.75 Å². The van der Waals surface area contributed by atoms with Gasteiger partial charge in [0.2, 0.25) is 0 Å². The molecular weight excluding hydrogens is 330 g/mol. The number of methoxy groups -OCH3 is 1. The number of aryl methyl sites for hydroxylation is 1. The molecule has 0 amide bonds. The van der Waals surface area contributed by atoms with E-state index in [2.05, 4.69) is 58.4 Å². The van der Waals surface area contributed by atoms with Gasteiger partial charge in [0.25, 0.3) is 0 Å². The molecule has 1 unspecified atom stereocenters. The van der Waals surface area contributed by atoms with Gasteiger partial charge in [0, 0.05) is 12.7 Å². The summed E-state index contributed by atoms with van der Waals surface area (Å²) in [5.74, 6) is 0.844. The Labute approximate surface area is 134 Å². The summed E-state index contributed by atoms with van der Waals surface area (Å²) in [6, 6.07) is 8.42. The number of nitrogens with one attached hydrogen (secondary N) is 1. The van der Waals surface area contributed by atoms with E-state index < -0.39 is 0 Å². The first-order valence-corrected chi connectivity index (χ1v) is 8.09. The van der Waals surface area contributed by atoms with Gasteiger partial charge in [-0.3, -0.25) is 4.68 Å². The highest BCUT2D eigenvalue weighted by atomic mass is 79.9. The van der Waals surface area contributed by atoms with Gasteiger partial charge in [0.05, 0.1) is 23.3 Å². The van der Waals surface area contributed by atoms with Crippen LogP contribution < -0.4 is 10.1 Å². The van der Waals surface area contributed by atoms with Crippen molar-refractivity contribution in [3.05, 3.63) is 46.2 Å². The van der Waals surface area contributed by atoms with Crippen molar-refractivity contribution in [2.24, 2.45) is 0 Å². The van der Waals surface area contributed by atoms with Crippen LogP contribution in [0.2, 0.25) is 0 Å². The molecule has 0 saturated heterocycles. The maximum absolute atomic E-state index is 5.31. The van der Waals surface area contributed by atoms with Crippen molar-refractivity contribution >= 4 is 15.9 Å².